The van der Waals surface area contributed by atoms with Gasteiger partial charge in [0.15, 0.2) is 5.82 Å². The molecule has 3 aromatic heterocycles. The van der Waals surface area contributed by atoms with Crippen LogP contribution in [0.15, 0.2) is 73.1 Å². The molecule has 10 nitrogen and oxygen atoms in total. The van der Waals surface area contributed by atoms with Crippen molar-refractivity contribution < 1.29 is 36.9 Å². The van der Waals surface area contributed by atoms with Crippen LogP contribution in [0.4, 0.5) is 17.6 Å². The highest BCUT2D eigenvalue weighted by molar-refractivity contribution is 5.93. The van der Waals surface area contributed by atoms with Gasteiger partial charge in [-0.05, 0) is 42.0 Å². The van der Waals surface area contributed by atoms with E-state index in [0.717, 1.165) is 18.2 Å². The van der Waals surface area contributed by atoms with E-state index in [2.05, 4.69) is 20.3 Å². The third kappa shape index (κ3) is 6.02. The predicted molar refractivity (Wildman–Crippen MR) is 157 cm³/mol. The lowest BCUT2D eigenvalue weighted by molar-refractivity contribution is 0.0692. The van der Waals surface area contributed by atoms with Crippen molar-refractivity contribution in [1.82, 2.24) is 29.5 Å². The highest BCUT2D eigenvalue weighted by atomic mass is 19.1. The first kappa shape index (κ1) is 30.4. The molecule has 6 aromatic rings. The Kier molecular flexibility index (Phi) is 8.44. The number of carbonyl (C=O) groups is 1. The van der Waals surface area contributed by atoms with Crippen LogP contribution < -0.4 is 4.74 Å². The number of nitrogens with zero attached hydrogens (tertiary/aromatic N) is 6. The minimum atomic E-state index is -1.45. The van der Waals surface area contributed by atoms with E-state index < -0.39 is 34.8 Å². The molecule has 0 bridgehead atoms. The molecule has 3 heterocycles. The fraction of sp³-hybridized carbons (Fsp3) is 0.156. The van der Waals surface area contributed by atoms with Crippen molar-refractivity contribution in [2.45, 2.75) is 19.6 Å². The van der Waals surface area contributed by atoms with Gasteiger partial charge in [-0.1, -0.05) is 17.3 Å². The Morgan fingerprint density at radius 3 is 2.50 bits per heavy atom. The lowest BCUT2D eigenvalue weighted by atomic mass is 10.0. The molecule has 3 aromatic carbocycles. The number of aromatic nitrogens is 6. The largest absolute Gasteiger partial charge is 0.478 e. The molecule has 0 aliphatic carbocycles. The molecular weight excluding hydrogens is 608 g/mol. The average Bonchev–Trinajstić information content (AvgIpc) is 3.70. The van der Waals surface area contributed by atoms with Crippen LogP contribution in [0, 0.1) is 23.3 Å². The summed E-state index contributed by atoms with van der Waals surface area (Å²) < 4.78 is 74.3. The fourth-order valence-electron chi connectivity index (χ4n) is 4.98. The summed E-state index contributed by atoms with van der Waals surface area (Å²) in [5.41, 5.74) is 0.156. The second-order valence-electron chi connectivity index (χ2n) is 10.1. The zero-order valence-electron chi connectivity index (χ0n) is 24.1. The molecule has 46 heavy (non-hydrogen) atoms. The topological polar surface area (TPSA) is 117 Å². The molecule has 0 atom stereocenters. The molecule has 0 amide bonds. The van der Waals surface area contributed by atoms with Gasteiger partial charge in [0.25, 0.3) is 0 Å². The molecule has 0 fully saturated rings. The lowest BCUT2D eigenvalue weighted by Gasteiger charge is -2.12. The number of hydrogen-bond acceptors (Lipinski definition) is 7. The molecular formula is C32H24F4N6O4. The molecule has 0 aliphatic heterocycles. The van der Waals surface area contributed by atoms with E-state index in [1.807, 2.05) is 0 Å². The molecule has 0 aliphatic rings. The Bertz CT molecular complexity index is 2070. The summed E-state index contributed by atoms with van der Waals surface area (Å²) in [5.74, 6) is -4.26. The van der Waals surface area contributed by atoms with Gasteiger partial charge in [-0.25, -0.2) is 37.0 Å². The van der Waals surface area contributed by atoms with Crippen molar-refractivity contribution in [2.24, 2.45) is 0 Å². The summed E-state index contributed by atoms with van der Waals surface area (Å²) in [5, 5.41) is 16.9. The highest BCUT2D eigenvalue weighted by Crippen LogP contribution is 2.29. The zero-order valence-corrected chi connectivity index (χ0v) is 24.1. The summed E-state index contributed by atoms with van der Waals surface area (Å²) in [6.07, 6.45) is 2.83. The Hall–Kier alpha value is -5.63. The zero-order chi connectivity index (χ0) is 32.4. The van der Waals surface area contributed by atoms with Crippen molar-refractivity contribution >= 4 is 17.0 Å². The van der Waals surface area contributed by atoms with Gasteiger partial charge in [0.05, 0.1) is 41.5 Å². The fourth-order valence-corrected chi connectivity index (χ4v) is 4.98. The molecule has 0 spiro atoms. The van der Waals surface area contributed by atoms with Crippen molar-refractivity contribution in [3.05, 3.63) is 119 Å². The van der Waals surface area contributed by atoms with Gasteiger partial charge >= 0.3 is 5.97 Å². The first-order chi connectivity index (χ1) is 22.2. The van der Waals surface area contributed by atoms with Crippen LogP contribution in [0.1, 0.15) is 27.3 Å². The van der Waals surface area contributed by atoms with Crippen LogP contribution in [0.3, 0.4) is 0 Å². The van der Waals surface area contributed by atoms with Gasteiger partial charge in [-0.15, -0.1) is 5.10 Å². The first-order valence-corrected chi connectivity index (χ1v) is 13.9. The number of fused-ring (bicyclic) bond motifs is 1. The third-order valence-corrected chi connectivity index (χ3v) is 7.26. The number of imidazole rings is 1. The second-order valence-corrected chi connectivity index (χ2v) is 10.1. The van der Waals surface area contributed by atoms with E-state index in [1.54, 1.807) is 18.3 Å². The van der Waals surface area contributed by atoms with E-state index in [9.17, 15) is 14.3 Å². The molecule has 14 heteroatoms. The SMILES string of the molecule is COCCn1c(Cc2cc(F)c(-c3cccc(OCc4ccc(-n5ccnn5)cc4F)n3)cc2F)nc2ccc(C(=O)O)c(F)c21. The van der Waals surface area contributed by atoms with E-state index in [-0.39, 0.29) is 71.3 Å². The number of hydrogen-bond donors (Lipinski definition) is 1. The molecule has 0 radical (unpaired) electrons. The number of rotatable bonds is 11. The van der Waals surface area contributed by atoms with E-state index in [1.165, 1.54) is 52.9 Å². The maximum Gasteiger partial charge on any atom is 0.338 e. The van der Waals surface area contributed by atoms with Crippen LogP contribution in [-0.2, 0) is 24.3 Å². The number of pyridine rings is 1. The van der Waals surface area contributed by atoms with Gasteiger partial charge in [0, 0.05) is 43.3 Å². The Morgan fingerprint density at radius 1 is 0.935 bits per heavy atom. The molecule has 6 rings (SSSR count). The number of aromatic carboxylic acids is 1. The summed E-state index contributed by atoms with van der Waals surface area (Å²) in [7, 11) is 1.44. The van der Waals surface area contributed by atoms with Crippen molar-refractivity contribution in [3.8, 4) is 22.8 Å². The highest BCUT2D eigenvalue weighted by Gasteiger charge is 2.22. The summed E-state index contributed by atoms with van der Waals surface area (Å²) in [6.45, 7) is 0.0570. The second kappa shape index (κ2) is 12.8. The first-order valence-electron chi connectivity index (χ1n) is 13.9. The smallest absolute Gasteiger partial charge is 0.338 e. The predicted octanol–water partition coefficient (Wildman–Crippen LogP) is 5.75. The standard InChI is InChI=1S/C32H24F4N6O4/c1-45-12-11-41-28(38-27-8-7-21(32(43)44)30(36)31(27)41)14-19-13-25(35)22(16-24(19)34)26-3-2-4-29(39-26)46-17-18-5-6-20(15-23(18)33)42-10-9-37-40-42/h2-10,13,15-16H,11-12,14,17H2,1H3,(H,43,44). The molecule has 0 unspecified atom stereocenters. The van der Waals surface area contributed by atoms with Crippen LogP contribution in [-0.4, -0.2) is 54.3 Å². The van der Waals surface area contributed by atoms with Crippen LogP contribution in [0.2, 0.25) is 0 Å². The van der Waals surface area contributed by atoms with Gasteiger partial charge in [-0.3, -0.25) is 0 Å². The molecule has 0 saturated carbocycles. The van der Waals surface area contributed by atoms with E-state index >= 15 is 13.2 Å². The number of carboxylic acids is 1. The lowest BCUT2D eigenvalue weighted by Crippen LogP contribution is -2.11. The number of carboxylic acid groups (broad SMARTS) is 1. The van der Waals surface area contributed by atoms with Crippen LogP contribution >= 0.6 is 0 Å². The van der Waals surface area contributed by atoms with Crippen molar-refractivity contribution in [3.63, 3.8) is 0 Å². The monoisotopic (exact) mass is 632 g/mol. The summed E-state index contributed by atoms with van der Waals surface area (Å²) in [4.78, 5) is 20.1. The Morgan fingerprint density at radius 2 is 1.76 bits per heavy atom. The summed E-state index contributed by atoms with van der Waals surface area (Å²) in [6, 6.07) is 13.5. The maximum atomic E-state index is 15.4. The number of methoxy groups -OCH3 is 1. The Labute approximate surface area is 258 Å². The number of ether oxygens (including phenoxy) is 2. The molecule has 1 N–H and O–H groups in total. The number of benzene rings is 3. The van der Waals surface area contributed by atoms with Gasteiger partial charge in [-0.2, -0.15) is 0 Å². The average molecular weight is 633 g/mol. The molecule has 234 valence electrons. The normalized spacial score (nSPS) is 11.3. The van der Waals surface area contributed by atoms with Gasteiger partial charge < -0.3 is 19.1 Å². The minimum absolute atomic E-state index is 0.0636. The van der Waals surface area contributed by atoms with E-state index in [0.29, 0.717) is 5.69 Å². The van der Waals surface area contributed by atoms with Crippen molar-refractivity contribution in [2.75, 3.05) is 13.7 Å². The Balaban J connectivity index is 1.24. The quantitative estimate of drug-likeness (QED) is 0.180. The van der Waals surface area contributed by atoms with Crippen LogP contribution in [0.25, 0.3) is 28.0 Å². The van der Waals surface area contributed by atoms with Gasteiger partial charge in [0.1, 0.15) is 35.4 Å². The minimum Gasteiger partial charge on any atom is -0.478 e. The van der Waals surface area contributed by atoms with Crippen LogP contribution in [0.5, 0.6) is 5.88 Å². The van der Waals surface area contributed by atoms with E-state index in [4.69, 9.17) is 9.47 Å². The number of halogens is 4. The molecule has 0 saturated heterocycles. The van der Waals surface area contributed by atoms with Crippen molar-refractivity contribution in [1.29, 1.82) is 0 Å². The van der Waals surface area contributed by atoms with Gasteiger partial charge in [0.2, 0.25) is 5.88 Å². The third-order valence-electron chi connectivity index (χ3n) is 7.26. The summed E-state index contributed by atoms with van der Waals surface area (Å²) >= 11 is 0. The maximum absolute atomic E-state index is 15.4.